The van der Waals surface area contributed by atoms with Gasteiger partial charge < -0.3 is 14.7 Å². The van der Waals surface area contributed by atoms with Gasteiger partial charge in [0.05, 0.1) is 6.10 Å². The number of hydrogen-bond donors (Lipinski definition) is 1. The fraction of sp³-hybridized carbons (Fsp3) is 0.923. The lowest BCUT2D eigenvalue weighted by molar-refractivity contribution is -0.145. The van der Waals surface area contributed by atoms with Crippen LogP contribution in [0.1, 0.15) is 27.2 Å². The van der Waals surface area contributed by atoms with Crippen molar-refractivity contribution in [2.24, 2.45) is 0 Å². The van der Waals surface area contributed by atoms with Crippen molar-refractivity contribution in [2.45, 2.75) is 39.4 Å². The van der Waals surface area contributed by atoms with Gasteiger partial charge >= 0.3 is 0 Å². The van der Waals surface area contributed by atoms with Gasteiger partial charge in [0, 0.05) is 39.3 Å². The Balaban J connectivity index is 2.39. The number of β-amino-alcohol motifs (C(OH)–C–C–N with tert-alkyl or cyclic N) is 1. The Morgan fingerprint density at radius 3 is 2.33 bits per heavy atom. The molecular formula is C13H26N2O3. The van der Waals surface area contributed by atoms with Crippen molar-refractivity contribution in [3.63, 3.8) is 0 Å². The standard InChI is InChI=1S/C13H26N2O3/c1-4-12(18-5-2)13(17)15-8-6-14(7-9-15)10-11(3)16/h11-12,16H,4-10H2,1-3H3/t11-,12+/m1/s1. The Kier molecular flexibility index (Phi) is 6.60. The number of nitrogens with zero attached hydrogens (tertiary/aromatic N) is 2. The van der Waals surface area contributed by atoms with Gasteiger partial charge in [-0.2, -0.15) is 0 Å². The SMILES string of the molecule is CCO[C@@H](CC)C(=O)N1CCN(C[C@@H](C)O)CC1. The lowest BCUT2D eigenvalue weighted by atomic mass is 10.2. The fourth-order valence-corrected chi connectivity index (χ4v) is 2.29. The van der Waals surface area contributed by atoms with E-state index in [0.717, 1.165) is 32.6 Å². The molecule has 1 heterocycles. The second kappa shape index (κ2) is 7.71. The topological polar surface area (TPSA) is 53.0 Å². The number of hydrogen-bond acceptors (Lipinski definition) is 4. The molecule has 1 amide bonds. The molecule has 1 aliphatic heterocycles. The molecule has 0 bridgehead atoms. The first-order valence-electron chi connectivity index (χ1n) is 6.89. The van der Waals surface area contributed by atoms with Crippen LogP contribution in [-0.2, 0) is 9.53 Å². The fourth-order valence-electron chi connectivity index (χ4n) is 2.29. The zero-order valence-electron chi connectivity index (χ0n) is 11.8. The van der Waals surface area contributed by atoms with Gasteiger partial charge in [0.15, 0.2) is 0 Å². The highest BCUT2D eigenvalue weighted by Gasteiger charge is 2.26. The second-order valence-corrected chi connectivity index (χ2v) is 4.83. The summed E-state index contributed by atoms with van der Waals surface area (Å²) in [7, 11) is 0. The van der Waals surface area contributed by atoms with Crippen LogP contribution in [0.25, 0.3) is 0 Å². The van der Waals surface area contributed by atoms with Crippen molar-refractivity contribution in [2.75, 3.05) is 39.3 Å². The highest BCUT2D eigenvalue weighted by atomic mass is 16.5. The molecule has 5 heteroatoms. The third-order valence-corrected chi connectivity index (χ3v) is 3.22. The Hall–Kier alpha value is -0.650. The van der Waals surface area contributed by atoms with E-state index in [1.807, 2.05) is 18.7 Å². The minimum atomic E-state index is -0.306. The van der Waals surface area contributed by atoms with E-state index in [1.165, 1.54) is 0 Å². The number of carbonyl (C=O) groups is 1. The molecule has 5 nitrogen and oxygen atoms in total. The van der Waals surface area contributed by atoms with E-state index in [0.29, 0.717) is 13.2 Å². The summed E-state index contributed by atoms with van der Waals surface area (Å²) in [6.45, 7) is 10.1. The summed E-state index contributed by atoms with van der Waals surface area (Å²) < 4.78 is 5.45. The predicted molar refractivity (Wildman–Crippen MR) is 70.4 cm³/mol. The molecule has 1 aliphatic rings. The number of aliphatic hydroxyl groups is 1. The molecule has 18 heavy (non-hydrogen) atoms. The molecule has 1 rings (SSSR count). The van der Waals surface area contributed by atoms with Crippen LogP contribution >= 0.6 is 0 Å². The zero-order chi connectivity index (χ0) is 13.5. The van der Waals surface area contributed by atoms with Crippen molar-refractivity contribution in [3.05, 3.63) is 0 Å². The number of ether oxygens (including phenoxy) is 1. The smallest absolute Gasteiger partial charge is 0.251 e. The average molecular weight is 258 g/mol. The number of aliphatic hydroxyl groups excluding tert-OH is 1. The molecule has 0 spiro atoms. The van der Waals surface area contributed by atoms with Crippen LogP contribution in [0.4, 0.5) is 0 Å². The summed E-state index contributed by atoms with van der Waals surface area (Å²) in [6.07, 6.45) is 0.123. The van der Waals surface area contributed by atoms with E-state index < -0.39 is 0 Å². The van der Waals surface area contributed by atoms with Gasteiger partial charge in [0.25, 0.3) is 5.91 Å². The average Bonchev–Trinajstić information content (AvgIpc) is 2.35. The molecular weight excluding hydrogens is 232 g/mol. The Morgan fingerprint density at radius 2 is 1.89 bits per heavy atom. The zero-order valence-corrected chi connectivity index (χ0v) is 11.8. The van der Waals surface area contributed by atoms with Crippen molar-refractivity contribution in [1.29, 1.82) is 0 Å². The van der Waals surface area contributed by atoms with Crippen LogP contribution in [0.5, 0.6) is 0 Å². The van der Waals surface area contributed by atoms with Gasteiger partial charge in [0.2, 0.25) is 0 Å². The van der Waals surface area contributed by atoms with Gasteiger partial charge in [-0.25, -0.2) is 0 Å². The second-order valence-electron chi connectivity index (χ2n) is 4.83. The largest absolute Gasteiger partial charge is 0.392 e. The Morgan fingerprint density at radius 1 is 1.28 bits per heavy atom. The van der Waals surface area contributed by atoms with Gasteiger partial charge in [-0.05, 0) is 20.3 Å². The molecule has 2 atom stereocenters. The summed E-state index contributed by atoms with van der Waals surface area (Å²) in [5, 5.41) is 9.33. The highest BCUT2D eigenvalue weighted by Crippen LogP contribution is 2.08. The summed E-state index contributed by atoms with van der Waals surface area (Å²) in [5.41, 5.74) is 0. The number of amides is 1. The molecule has 106 valence electrons. The van der Waals surface area contributed by atoms with Crippen molar-refractivity contribution >= 4 is 5.91 Å². The molecule has 0 aromatic rings. The van der Waals surface area contributed by atoms with E-state index in [1.54, 1.807) is 6.92 Å². The van der Waals surface area contributed by atoms with E-state index in [2.05, 4.69) is 4.90 Å². The first-order chi connectivity index (χ1) is 8.58. The molecule has 0 aliphatic carbocycles. The number of piperazine rings is 1. The summed E-state index contributed by atoms with van der Waals surface area (Å²) in [5.74, 6) is 0.107. The maximum atomic E-state index is 12.2. The van der Waals surface area contributed by atoms with Crippen LogP contribution in [0.2, 0.25) is 0 Å². The lowest BCUT2D eigenvalue weighted by Crippen LogP contribution is -2.52. The molecule has 0 saturated carbocycles. The quantitative estimate of drug-likeness (QED) is 0.746. The van der Waals surface area contributed by atoms with E-state index >= 15 is 0 Å². The molecule has 1 N–H and O–H groups in total. The normalized spacial score (nSPS) is 20.8. The van der Waals surface area contributed by atoms with Crippen LogP contribution < -0.4 is 0 Å². The van der Waals surface area contributed by atoms with Crippen LogP contribution in [0, 0.1) is 0 Å². The van der Waals surface area contributed by atoms with Gasteiger partial charge in [-0.15, -0.1) is 0 Å². The van der Waals surface area contributed by atoms with Crippen LogP contribution in [0.3, 0.4) is 0 Å². The lowest BCUT2D eigenvalue weighted by Gasteiger charge is -2.36. The van der Waals surface area contributed by atoms with Crippen molar-refractivity contribution in [3.8, 4) is 0 Å². The Bertz CT molecular complexity index is 251. The van der Waals surface area contributed by atoms with Gasteiger partial charge in [-0.3, -0.25) is 9.69 Å². The number of carbonyl (C=O) groups excluding carboxylic acids is 1. The van der Waals surface area contributed by atoms with Crippen molar-refractivity contribution < 1.29 is 14.6 Å². The molecule has 0 aromatic heterocycles. The Labute approximate surface area is 110 Å². The predicted octanol–water partition coefficient (Wildman–Crippen LogP) is 0.327. The van der Waals surface area contributed by atoms with Gasteiger partial charge in [0.1, 0.15) is 6.10 Å². The van der Waals surface area contributed by atoms with E-state index in [-0.39, 0.29) is 18.1 Å². The highest BCUT2D eigenvalue weighted by molar-refractivity contribution is 5.81. The molecule has 1 saturated heterocycles. The first kappa shape index (κ1) is 15.4. The van der Waals surface area contributed by atoms with E-state index in [4.69, 9.17) is 4.74 Å². The van der Waals surface area contributed by atoms with Gasteiger partial charge in [-0.1, -0.05) is 6.92 Å². The molecule has 0 radical (unpaired) electrons. The minimum absolute atomic E-state index is 0.107. The van der Waals surface area contributed by atoms with Crippen LogP contribution in [0.15, 0.2) is 0 Å². The number of rotatable bonds is 6. The monoisotopic (exact) mass is 258 g/mol. The maximum absolute atomic E-state index is 12.2. The minimum Gasteiger partial charge on any atom is -0.392 e. The third kappa shape index (κ3) is 4.55. The molecule has 1 fully saturated rings. The van der Waals surface area contributed by atoms with Crippen molar-refractivity contribution in [1.82, 2.24) is 9.80 Å². The summed E-state index contributed by atoms with van der Waals surface area (Å²) in [6, 6.07) is 0. The maximum Gasteiger partial charge on any atom is 0.251 e. The molecule has 0 aromatic carbocycles. The van der Waals surface area contributed by atoms with Crippen LogP contribution in [-0.4, -0.2) is 72.4 Å². The third-order valence-electron chi connectivity index (χ3n) is 3.22. The first-order valence-corrected chi connectivity index (χ1v) is 6.89. The summed E-state index contributed by atoms with van der Waals surface area (Å²) >= 11 is 0. The van der Waals surface area contributed by atoms with E-state index in [9.17, 15) is 9.90 Å². The summed E-state index contributed by atoms with van der Waals surface area (Å²) in [4.78, 5) is 16.2. The molecule has 0 unspecified atom stereocenters.